The van der Waals surface area contributed by atoms with Crippen LogP contribution in [-0.2, 0) is 28.1 Å². The third-order valence-corrected chi connectivity index (χ3v) is 7.74. The number of aryl methyl sites for hydroxylation is 2. The Morgan fingerprint density at radius 1 is 1.20 bits per heavy atom. The predicted molar refractivity (Wildman–Crippen MR) is 140 cm³/mol. The van der Waals surface area contributed by atoms with Crippen LogP contribution in [0, 0.1) is 0 Å². The minimum atomic E-state index is -5.14. The normalized spacial score (nSPS) is 18.1. The van der Waals surface area contributed by atoms with E-state index < -0.39 is 17.8 Å². The number of aromatic amines is 1. The van der Waals surface area contributed by atoms with Crippen molar-refractivity contribution >= 4 is 28.9 Å². The first kappa shape index (κ1) is 35.6. The standard InChI is InChI=1S/C23H32N6O4S.Cs.H3O4P/c1-6-8-18-20-21(28(5)27-18)23(30)26-22(25-20)17-11-16(9-10-19(17)33-7-2)34(31,32)29-12-14(3)24-15(4)13-29;;1-5(2,3)4/h9-11,14-15,24H,6-8,12-13H2,1-5H3,(H,25,26,30);;(H3,1,2,3,4)/q;+1;/p-2/t14-,15+;;. The Morgan fingerprint density at radius 2 is 1.80 bits per heavy atom. The molecule has 0 aliphatic carbocycles. The van der Waals surface area contributed by atoms with E-state index in [0.29, 0.717) is 48.5 Å². The number of sulfonamides is 1. The zero-order valence-corrected chi connectivity index (χ0v) is 31.4. The molecule has 17 heteroatoms. The van der Waals surface area contributed by atoms with Gasteiger partial charge in [0.15, 0.2) is 5.52 Å². The molecule has 1 saturated heterocycles. The monoisotopic (exact) mass is 717 g/mol. The van der Waals surface area contributed by atoms with Gasteiger partial charge in [-0.3, -0.25) is 9.48 Å². The van der Waals surface area contributed by atoms with Crippen molar-refractivity contribution in [3.8, 4) is 17.1 Å². The number of benzene rings is 1. The second-order valence-corrected chi connectivity index (χ2v) is 12.2. The molecule has 0 saturated carbocycles. The average Bonchev–Trinajstić information content (AvgIpc) is 3.13. The zero-order valence-electron chi connectivity index (χ0n) is 23.4. The Balaban J connectivity index is 0.000000858. The molecule has 1 aliphatic heterocycles. The van der Waals surface area contributed by atoms with Crippen molar-refractivity contribution in [1.82, 2.24) is 29.4 Å². The van der Waals surface area contributed by atoms with Crippen LogP contribution in [0.2, 0.25) is 0 Å². The van der Waals surface area contributed by atoms with Crippen molar-refractivity contribution in [1.29, 1.82) is 0 Å². The van der Waals surface area contributed by atoms with E-state index in [4.69, 9.17) is 29.0 Å². The van der Waals surface area contributed by atoms with Gasteiger partial charge in [0.05, 0.1) is 30.6 Å². The molecule has 0 spiro atoms. The molecule has 0 unspecified atom stereocenters. The number of aromatic nitrogens is 4. The maximum Gasteiger partial charge on any atom is 1.00 e. The van der Waals surface area contributed by atoms with Crippen LogP contribution in [0.3, 0.4) is 0 Å². The van der Waals surface area contributed by atoms with E-state index >= 15 is 0 Å². The summed E-state index contributed by atoms with van der Waals surface area (Å²) in [6.45, 7) is 8.96. The SMILES string of the molecule is CCCc1nn(C)c2c(=O)[nH]c(-c3cc(S(=O)(=O)N4C[C@@H](C)N[C@@H](C)C4)ccc3OCC)nc12.O=P([O-])([O-])O.[Cs+]. The number of nitrogens with zero attached hydrogens (tertiary/aromatic N) is 4. The number of piperazine rings is 1. The summed E-state index contributed by atoms with van der Waals surface area (Å²) in [6.07, 6.45) is 1.54. The van der Waals surface area contributed by atoms with Gasteiger partial charge in [0.1, 0.15) is 17.1 Å². The molecule has 3 heterocycles. The van der Waals surface area contributed by atoms with Gasteiger partial charge in [0.2, 0.25) is 10.0 Å². The van der Waals surface area contributed by atoms with Crippen LogP contribution in [0.15, 0.2) is 27.9 Å². The van der Waals surface area contributed by atoms with Crippen LogP contribution >= 0.6 is 7.82 Å². The van der Waals surface area contributed by atoms with Gasteiger partial charge in [-0.05, 0) is 45.4 Å². The molecule has 1 aromatic carbocycles. The number of nitrogens with one attached hydrogen (secondary N) is 2. The summed E-state index contributed by atoms with van der Waals surface area (Å²) >= 11 is 0. The van der Waals surface area contributed by atoms with Gasteiger partial charge in [-0.15, -0.1) is 0 Å². The molecule has 3 aromatic rings. The van der Waals surface area contributed by atoms with Crippen LogP contribution in [0.5, 0.6) is 5.75 Å². The summed E-state index contributed by atoms with van der Waals surface area (Å²) in [6, 6.07) is 4.80. The van der Waals surface area contributed by atoms with E-state index in [2.05, 4.69) is 15.4 Å². The molecule has 0 amide bonds. The van der Waals surface area contributed by atoms with Crippen molar-refractivity contribution in [3.05, 3.63) is 34.2 Å². The summed E-state index contributed by atoms with van der Waals surface area (Å²) < 4.78 is 44.5. The number of H-pyrrole nitrogens is 1. The van der Waals surface area contributed by atoms with E-state index in [-0.39, 0.29) is 97.3 Å². The molecule has 2 atom stereocenters. The second-order valence-electron chi connectivity index (χ2n) is 9.28. The minimum absolute atomic E-state index is 0. The molecule has 0 bridgehead atoms. The fourth-order valence-corrected chi connectivity index (χ4v) is 6.18. The molecule has 4 rings (SSSR count). The summed E-state index contributed by atoms with van der Waals surface area (Å²) in [7, 11) is -7.18. The Hall–Kier alpha value is -0.598. The summed E-state index contributed by atoms with van der Waals surface area (Å²) in [5.74, 6) is 0.706. The van der Waals surface area contributed by atoms with Crippen LogP contribution in [0.25, 0.3) is 22.4 Å². The van der Waals surface area contributed by atoms with Crippen LogP contribution < -0.4 is 94.3 Å². The Morgan fingerprint density at radius 3 is 2.35 bits per heavy atom. The largest absolute Gasteiger partial charge is 1.00 e. The third-order valence-electron chi connectivity index (χ3n) is 5.92. The van der Waals surface area contributed by atoms with E-state index in [1.807, 2.05) is 27.7 Å². The zero-order chi connectivity index (χ0) is 29.1. The van der Waals surface area contributed by atoms with Gasteiger partial charge in [-0.25, -0.2) is 13.4 Å². The number of rotatable bonds is 7. The minimum Gasteiger partial charge on any atom is -0.790 e. The maximum atomic E-state index is 13.5. The fourth-order valence-electron chi connectivity index (χ4n) is 4.54. The maximum absolute atomic E-state index is 13.5. The van der Waals surface area contributed by atoms with Crippen molar-refractivity contribution in [2.45, 2.75) is 57.5 Å². The van der Waals surface area contributed by atoms with E-state index in [9.17, 15) is 13.2 Å². The molecule has 3 N–H and O–H groups in total. The quantitative estimate of drug-likeness (QED) is 0.208. The smallest absolute Gasteiger partial charge is 0.790 e. The molecule has 14 nitrogen and oxygen atoms in total. The van der Waals surface area contributed by atoms with Gasteiger partial charge >= 0.3 is 68.9 Å². The Kier molecular flexibility index (Phi) is 13.1. The first-order valence-electron chi connectivity index (χ1n) is 12.4. The van der Waals surface area contributed by atoms with Crippen molar-refractivity contribution < 1.29 is 101 Å². The van der Waals surface area contributed by atoms with Gasteiger partial charge in [-0.2, -0.15) is 9.40 Å². The third kappa shape index (κ3) is 8.95. The molecule has 40 heavy (non-hydrogen) atoms. The summed E-state index contributed by atoms with van der Waals surface area (Å²) in [4.78, 5) is 44.9. The van der Waals surface area contributed by atoms with E-state index in [0.717, 1.165) is 12.1 Å². The second kappa shape index (κ2) is 14.7. The molecule has 1 fully saturated rings. The number of hydrogen-bond donors (Lipinski definition) is 3. The Bertz CT molecular complexity index is 1520. The Labute approximate surface area is 291 Å². The topological polar surface area (TPSA) is 206 Å². The number of phosphoric acid groups is 1. The fraction of sp³-hybridized carbons (Fsp3) is 0.522. The summed E-state index contributed by atoms with van der Waals surface area (Å²) in [5, 5.41) is 7.81. The molecule has 2 aromatic heterocycles. The predicted octanol–water partition coefficient (Wildman–Crippen LogP) is -3.14. The molecule has 216 valence electrons. The van der Waals surface area contributed by atoms with Gasteiger partial charge in [-0.1, -0.05) is 13.3 Å². The number of fused-ring (bicyclic) bond motifs is 1. The number of ether oxygens (including phenoxy) is 1. The van der Waals surface area contributed by atoms with Gasteiger partial charge in [0, 0.05) is 32.2 Å². The first-order valence-corrected chi connectivity index (χ1v) is 15.3. The van der Waals surface area contributed by atoms with Crippen LogP contribution in [0.4, 0.5) is 0 Å². The van der Waals surface area contributed by atoms with Crippen molar-refractivity contribution in [2.24, 2.45) is 7.05 Å². The molecule has 0 radical (unpaired) electrons. The van der Waals surface area contributed by atoms with Gasteiger partial charge in [0.25, 0.3) is 5.56 Å². The molecule has 1 aliphatic rings. The van der Waals surface area contributed by atoms with Crippen molar-refractivity contribution in [2.75, 3.05) is 19.7 Å². The molecular formula is C23H33CsN6O8PS-. The average molecular weight is 717 g/mol. The summed E-state index contributed by atoms with van der Waals surface area (Å²) in [5.41, 5.74) is 1.72. The number of hydrogen-bond acceptors (Lipinski definition) is 10. The van der Waals surface area contributed by atoms with Crippen molar-refractivity contribution in [3.63, 3.8) is 0 Å². The van der Waals surface area contributed by atoms with E-state index in [1.165, 1.54) is 15.1 Å². The van der Waals surface area contributed by atoms with Gasteiger partial charge < -0.3 is 34.3 Å². The van der Waals surface area contributed by atoms with Crippen LogP contribution in [0.1, 0.15) is 39.8 Å². The van der Waals surface area contributed by atoms with Crippen LogP contribution in [-0.4, -0.2) is 69.1 Å². The first-order chi connectivity index (χ1) is 18.1. The van der Waals surface area contributed by atoms with E-state index in [1.54, 1.807) is 19.2 Å². The molecular weight excluding hydrogens is 684 g/mol.